The molecule has 48 heavy (non-hydrogen) atoms. The fourth-order valence-electron chi connectivity index (χ4n) is 5.52. The number of benzene rings is 7. The van der Waals surface area contributed by atoms with Gasteiger partial charge in [-0.2, -0.15) is 0 Å². The van der Waals surface area contributed by atoms with E-state index in [0.717, 1.165) is 29.0 Å². The SMILES string of the molecule is [2H]c1c([2H])c(-c2c([2H])c([2H])c([2H])c(-c3c([2H])c([2H])c([2H])c4c3sc3c([2H])c([2H])c([2H])c([2H])c34)c2[2H])c([2H])c(-c2ncnc3c2sc2ccc(-c4c([2H])c([2H])c5c([2H])c([2H])c([2H])c([2H])c5c4[2H])cc23)c1[2H]. The van der Waals surface area contributed by atoms with Crippen LogP contribution in [-0.4, -0.2) is 9.97 Å². The van der Waals surface area contributed by atoms with Gasteiger partial charge in [-0.25, -0.2) is 9.97 Å². The second-order valence-electron chi connectivity index (χ2n) is 10.5. The first-order chi connectivity index (χ1) is 33.0. The largest absolute Gasteiger partial charge is 0.235 e. The highest BCUT2D eigenvalue weighted by Gasteiger charge is 2.16. The monoisotopic (exact) mass is 668 g/mol. The van der Waals surface area contributed by atoms with Crippen LogP contribution in [0.1, 0.15) is 30.2 Å². The van der Waals surface area contributed by atoms with E-state index >= 15 is 0 Å². The summed E-state index contributed by atoms with van der Waals surface area (Å²) in [5, 5.41) is -0.390. The number of rotatable bonds is 4. The minimum absolute atomic E-state index is 0.0383. The van der Waals surface area contributed by atoms with Gasteiger partial charge in [0.2, 0.25) is 0 Å². The Morgan fingerprint density at radius 3 is 2.08 bits per heavy atom. The van der Waals surface area contributed by atoms with E-state index in [1.165, 1.54) is 0 Å². The van der Waals surface area contributed by atoms with Crippen molar-refractivity contribution in [3.8, 4) is 44.6 Å². The molecule has 0 saturated carbocycles. The number of nitrogens with zero attached hydrogens (tertiary/aromatic N) is 2. The fraction of sp³-hybridized carbons (Fsp3) is 0. The predicted molar refractivity (Wildman–Crippen MR) is 207 cm³/mol. The molecule has 2 nitrogen and oxygen atoms in total. The number of aromatic nitrogens is 2. The lowest BCUT2D eigenvalue weighted by Crippen LogP contribution is -1.88. The Bertz CT molecular complexity index is 4110. The minimum Gasteiger partial charge on any atom is -0.235 e. The Morgan fingerprint density at radius 2 is 1.17 bits per heavy atom. The van der Waals surface area contributed by atoms with Crippen LogP contribution in [0.2, 0.25) is 0 Å². The molecule has 3 heterocycles. The zero-order valence-corrected chi connectivity index (χ0v) is 25.7. The van der Waals surface area contributed by atoms with E-state index in [1.807, 2.05) is 0 Å². The van der Waals surface area contributed by atoms with E-state index in [9.17, 15) is 2.74 Å². The van der Waals surface area contributed by atoms with E-state index in [2.05, 4.69) is 9.97 Å². The van der Waals surface area contributed by atoms with Gasteiger partial charge in [0.15, 0.2) is 0 Å². The summed E-state index contributed by atoms with van der Waals surface area (Å²) in [7, 11) is 0. The third-order valence-corrected chi connectivity index (χ3v) is 10.0. The van der Waals surface area contributed by atoms with Crippen molar-refractivity contribution < 1.29 is 30.2 Å². The Labute approximate surface area is 316 Å². The molecule has 0 amide bonds. The Hall–Kier alpha value is -5.68. The first kappa shape index (κ1) is 13.4. The molecular formula is C44H26N2S2. The summed E-state index contributed by atoms with van der Waals surface area (Å²) in [6.45, 7) is 0. The van der Waals surface area contributed by atoms with Gasteiger partial charge in [0, 0.05) is 35.8 Å². The zero-order valence-electron chi connectivity index (χ0n) is 46.0. The van der Waals surface area contributed by atoms with Crippen LogP contribution >= 0.6 is 22.7 Å². The van der Waals surface area contributed by atoms with Gasteiger partial charge < -0.3 is 0 Å². The molecule has 10 rings (SSSR count). The predicted octanol–water partition coefficient (Wildman–Crippen LogP) is 13.0. The molecule has 0 aliphatic rings. The Kier molecular flexibility index (Phi) is 3.07. The molecule has 0 spiro atoms. The van der Waals surface area contributed by atoms with Crippen LogP contribution in [0.3, 0.4) is 0 Å². The van der Waals surface area contributed by atoms with Gasteiger partial charge in [-0.1, -0.05) is 115 Å². The molecule has 3 aromatic heterocycles. The summed E-state index contributed by atoms with van der Waals surface area (Å²) in [5.74, 6) is 0. The minimum atomic E-state index is -0.844. The van der Waals surface area contributed by atoms with Crippen LogP contribution in [0.4, 0.5) is 0 Å². The van der Waals surface area contributed by atoms with E-state index in [-0.39, 0.29) is 69.1 Å². The van der Waals surface area contributed by atoms with Crippen molar-refractivity contribution >= 4 is 73.9 Å². The van der Waals surface area contributed by atoms with Crippen molar-refractivity contribution in [3.05, 3.63) is 157 Å². The van der Waals surface area contributed by atoms with Crippen LogP contribution in [-0.2, 0) is 0 Å². The summed E-state index contributed by atoms with van der Waals surface area (Å²) in [6.07, 6.45) is 1.12. The second kappa shape index (κ2) is 11.0. The topological polar surface area (TPSA) is 25.8 Å². The van der Waals surface area contributed by atoms with Gasteiger partial charge >= 0.3 is 0 Å². The highest BCUT2D eigenvalue weighted by Crippen LogP contribution is 2.42. The molecule has 224 valence electrons. The molecule has 0 atom stereocenters. The molecule has 7 aromatic carbocycles. The van der Waals surface area contributed by atoms with Crippen molar-refractivity contribution in [2.24, 2.45) is 0 Å². The van der Waals surface area contributed by atoms with Crippen LogP contribution < -0.4 is 0 Å². The molecular weight excluding hydrogens is 621 g/mol. The summed E-state index contributed by atoms with van der Waals surface area (Å²) in [6, 6.07) is -9.29. The maximum atomic E-state index is 9.60. The number of thiophene rings is 2. The quantitative estimate of drug-likeness (QED) is 0.186. The molecule has 0 radical (unpaired) electrons. The van der Waals surface area contributed by atoms with E-state index in [4.69, 9.17) is 27.4 Å². The van der Waals surface area contributed by atoms with Gasteiger partial charge in [-0.3, -0.25) is 0 Å². The maximum Gasteiger partial charge on any atom is 0.116 e. The summed E-state index contributed by atoms with van der Waals surface area (Å²) >= 11 is 1.82. The van der Waals surface area contributed by atoms with E-state index in [0.29, 0.717) is 10.1 Å². The van der Waals surface area contributed by atoms with Crippen LogP contribution in [0.5, 0.6) is 0 Å². The number of fused-ring (bicyclic) bond motifs is 7. The fourth-order valence-corrected chi connectivity index (χ4v) is 7.72. The Balaban J connectivity index is 1.22. The van der Waals surface area contributed by atoms with Crippen molar-refractivity contribution in [2.75, 3.05) is 0 Å². The highest BCUT2D eigenvalue weighted by molar-refractivity contribution is 7.26. The maximum absolute atomic E-state index is 9.60. The highest BCUT2D eigenvalue weighted by atomic mass is 32.1. The number of hydrogen-bond donors (Lipinski definition) is 0. The van der Waals surface area contributed by atoms with Crippen molar-refractivity contribution in [1.82, 2.24) is 9.97 Å². The van der Waals surface area contributed by atoms with Gasteiger partial charge in [-0.15, -0.1) is 22.7 Å². The number of hydrogen-bond acceptors (Lipinski definition) is 4. The van der Waals surface area contributed by atoms with Gasteiger partial charge in [-0.05, 0) is 80.5 Å². The van der Waals surface area contributed by atoms with Gasteiger partial charge in [0.25, 0.3) is 0 Å². The molecule has 0 saturated heterocycles. The van der Waals surface area contributed by atoms with Gasteiger partial charge in [0.05, 0.1) is 46.1 Å². The zero-order chi connectivity index (χ0) is 50.8. The van der Waals surface area contributed by atoms with E-state index < -0.39 is 150 Å². The van der Waals surface area contributed by atoms with Crippen LogP contribution in [0.15, 0.2) is 157 Å². The second-order valence-corrected chi connectivity index (χ2v) is 12.5. The van der Waals surface area contributed by atoms with Gasteiger partial charge in [0.1, 0.15) is 6.33 Å². The van der Waals surface area contributed by atoms with Crippen molar-refractivity contribution in [2.45, 2.75) is 0 Å². The van der Waals surface area contributed by atoms with Crippen LogP contribution in [0.25, 0.3) is 95.9 Å². The summed E-state index contributed by atoms with van der Waals surface area (Å²) in [4.78, 5) is 8.89. The van der Waals surface area contributed by atoms with E-state index in [1.54, 1.807) is 18.2 Å². The lowest BCUT2D eigenvalue weighted by atomic mass is 9.96. The Morgan fingerprint density at radius 1 is 0.458 bits per heavy atom. The average molecular weight is 669 g/mol. The molecule has 0 unspecified atom stereocenters. The molecule has 0 aliphatic heterocycles. The standard InChI is InChI=1S/C44H26N2S2/c1-2-9-28-22-31(19-18-27(28)8-1)32-20-21-40-38(25-32)42-44(48-40)41(45-26-46-42)34-13-6-11-30(24-34)29-10-5-12-33(23-29)35-15-7-16-37-36-14-3-4-17-39(36)47-43(35)37/h1-26H/i1D,2D,3D,4D,5D,6D,7D,8D,9D,10D,11D,12D,13D,14D,15D,16D,17D,18D,19D,22D,23D,24D. The normalized spacial score (nSPS) is 18.2. The lowest BCUT2D eigenvalue weighted by molar-refractivity contribution is 1.24. The molecule has 0 aliphatic carbocycles. The van der Waals surface area contributed by atoms with Crippen LogP contribution in [0, 0.1) is 0 Å². The summed E-state index contributed by atoms with van der Waals surface area (Å²) in [5.41, 5.74) is -2.15. The first-order valence-electron chi connectivity index (χ1n) is 25.3. The molecule has 0 N–H and O–H groups in total. The molecule has 4 heteroatoms. The molecule has 10 aromatic rings. The first-order valence-corrected chi connectivity index (χ1v) is 15.9. The molecule has 0 fully saturated rings. The average Bonchev–Trinajstić information content (AvgIpc) is 3.92. The summed E-state index contributed by atoms with van der Waals surface area (Å²) < 4.78 is 194. The van der Waals surface area contributed by atoms with Crippen molar-refractivity contribution in [1.29, 1.82) is 0 Å². The molecule has 0 bridgehead atoms. The lowest BCUT2D eigenvalue weighted by Gasteiger charge is -2.09. The van der Waals surface area contributed by atoms with Crippen molar-refractivity contribution in [3.63, 3.8) is 0 Å². The third-order valence-electron chi connectivity index (χ3n) is 7.71. The smallest absolute Gasteiger partial charge is 0.116 e. The third kappa shape index (κ3) is 4.45.